The van der Waals surface area contributed by atoms with Crippen LogP contribution in [-0.2, 0) is 6.54 Å². The zero-order chi connectivity index (χ0) is 20.3. The van der Waals surface area contributed by atoms with Gasteiger partial charge in [-0.1, -0.05) is 35.9 Å². The molecule has 0 amide bonds. The second-order valence-corrected chi connectivity index (χ2v) is 6.59. The van der Waals surface area contributed by atoms with Gasteiger partial charge in [0, 0.05) is 10.6 Å². The van der Waals surface area contributed by atoms with Gasteiger partial charge in [-0.2, -0.15) is 5.10 Å². The van der Waals surface area contributed by atoms with Crippen LogP contribution in [0.1, 0.15) is 21.5 Å². The Kier molecular flexibility index (Phi) is 5.70. The van der Waals surface area contributed by atoms with Gasteiger partial charge in [-0.3, -0.25) is 4.79 Å². The van der Waals surface area contributed by atoms with Crippen LogP contribution >= 0.6 is 11.6 Å². The highest BCUT2D eigenvalue weighted by Gasteiger charge is 2.15. The first-order valence-electron chi connectivity index (χ1n) is 8.39. The summed E-state index contributed by atoms with van der Waals surface area (Å²) in [5.41, 5.74) is 0.970. The van der Waals surface area contributed by atoms with Gasteiger partial charge in [-0.05, 0) is 54.4 Å². The Labute approximate surface area is 165 Å². The Morgan fingerprint density at radius 2 is 1.93 bits per heavy atom. The van der Waals surface area contributed by atoms with Crippen LogP contribution in [0.4, 0.5) is 4.39 Å². The predicted octanol–water partition coefficient (Wildman–Crippen LogP) is 4.42. The smallest absolute Gasteiger partial charge is 0.341 e. The summed E-state index contributed by atoms with van der Waals surface area (Å²) in [6.45, 7) is 1.68. The molecular formula is C21H16ClFN2O3. The fraction of sp³-hybridized carbons (Fsp3) is 0.0952. The molecular weight excluding hydrogens is 383 g/mol. The number of carboxylic acids is 1. The maximum atomic E-state index is 13.5. The summed E-state index contributed by atoms with van der Waals surface area (Å²) < 4.78 is 14.6. The van der Waals surface area contributed by atoms with E-state index in [9.17, 15) is 19.1 Å². The third kappa shape index (κ3) is 4.35. The van der Waals surface area contributed by atoms with E-state index >= 15 is 0 Å². The molecule has 28 heavy (non-hydrogen) atoms. The molecule has 0 radical (unpaired) electrons. The lowest BCUT2D eigenvalue weighted by molar-refractivity contribution is 0.0694. The van der Waals surface area contributed by atoms with E-state index in [0.717, 1.165) is 10.2 Å². The first-order valence-corrected chi connectivity index (χ1v) is 8.77. The van der Waals surface area contributed by atoms with Crippen molar-refractivity contribution in [2.45, 2.75) is 13.5 Å². The largest absolute Gasteiger partial charge is 0.477 e. The standard InChI is InChI=1S/C21H16ClFN2O3/c1-13-11-15(6-9-18(13)23)19-12-17(21(27)28)20(26)25(24-19)10-2-3-14-4-7-16(22)8-5-14/h2-9,11-12H,10H2,1H3,(H,27,28). The number of rotatable bonds is 5. The Morgan fingerprint density at radius 1 is 1.21 bits per heavy atom. The summed E-state index contributed by atoms with van der Waals surface area (Å²) in [6, 6.07) is 12.7. The van der Waals surface area contributed by atoms with Gasteiger partial charge in [0.25, 0.3) is 5.56 Å². The molecule has 3 rings (SSSR count). The quantitative estimate of drug-likeness (QED) is 0.690. The highest BCUT2D eigenvalue weighted by Crippen LogP contribution is 2.20. The summed E-state index contributed by atoms with van der Waals surface area (Å²) in [5.74, 6) is -1.72. The third-order valence-corrected chi connectivity index (χ3v) is 4.37. The minimum Gasteiger partial charge on any atom is -0.477 e. The van der Waals surface area contributed by atoms with Gasteiger partial charge in [-0.15, -0.1) is 0 Å². The Balaban J connectivity index is 1.98. The number of nitrogens with zero attached hydrogens (tertiary/aromatic N) is 2. The molecule has 7 heteroatoms. The van der Waals surface area contributed by atoms with Crippen molar-refractivity contribution >= 4 is 23.6 Å². The number of aryl methyl sites for hydroxylation is 1. The van der Waals surface area contributed by atoms with Gasteiger partial charge in [0.1, 0.15) is 11.4 Å². The molecule has 142 valence electrons. The Morgan fingerprint density at radius 3 is 2.57 bits per heavy atom. The van der Waals surface area contributed by atoms with Crippen molar-refractivity contribution in [3.05, 3.63) is 92.5 Å². The van der Waals surface area contributed by atoms with Crippen molar-refractivity contribution in [1.29, 1.82) is 0 Å². The molecule has 2 aromatic carbocycles. The molecule has 0 spiro atoms. The van der Waals surface area contributed by atoms with Crippen molar-refractivity contribution in [3.8, 4) is 11.3 Å². The molecule has 0 saturated heterocycles. The zero-order valence-electron chi connectivity index (χ0n) is 14.9. The molecule has 0 unspecified atom stereocenters. The highest BCUT2D eigenvalue weighted by atomic mass is 35.5. The first-order chi connectivity index (χ1) is 13.3. The third-order valence-electron chi connectivity index (χ3n) is 4.12. The van der Waals surface area contributed by atoms with Crippen molar-refractivity contribution in [2.24, 2.45) is 0 Å². The van der Waals surface area contributed by atoms with E-state index in [2.05, 4.69) is 5.10 Å². The van der Waals surface area contributed by atoms with Gasteiger partial charge >= 0.3 is 5.97 Å². The van der Waals surface area contributed by atoms with Crippen LogP contribution in [0.3, 0.4) is 0 Å². The number of carbonyl (C=O) groups is 1. The van der Waals surface area contributed by atoms with Crippen LogP contribution in [0.2, 0.25) is 5.02 Å². The van der Waals surface area contributed by atoms with Crippen molar-refractivity contribution in [1.82, 2.24) is 9.78 Å². The van der Waals surface area contributed by atoms with E-state index in [-0.39, 0.29) is 18.1 Å². The molecule has 0 fully saturated rings. The number of aromatic nitrogens is 2. The van der Waals surface area contributed by atoms with E-state index in [4.69, 9.17) is 11.6 Å². The van der Waals surface area contributed by atoms with Gasteiger partial charge in [-0.25, -0.2) is 13.9 Å². The lowest BCUT2D eigenvalue weighted by Gasteiger charge is -2.08. The summed E-state index contributed by atoms with van der Waals surface area (Å²) in [7, 11) is 0. The van der Waals surface area contributed by atoms with Crippen LogP contribution < -0.4 is 5.56 Å². The monoisotopic (exact) mass is 398 g/mol. The van der Waals surface area contributed by atoms with Crippen molar-refractivity contribution < 1.29 is 14.3 Å². The van der Waals surface area contributed by atoms with Crippen molar-refractivity contribution in [2.75, 3.05) is 0 Å². The highest BCUT2D eigenvalue weighted by molar-refractivity contribution is 6.30. The first kappa shape index (κ1) is 19.5. The zero-order valence-corrected chi connectivity index (χ0v) is 15.7. The summed E-state index contributed by atoms with van der Waals surface area (Å²) in [5, 5.41) is 14.2. The van der Waals surface area contributed by atoms with Crippen LogP contribution in [-0.4, -0.2) is 20.9 Å². The molecule has 0 atom stereocenters. The molecule has 1 aromatic heterocycles. The molecule has 0 saturated carbocycles. The van der Waals surface area contributed by atoms with Gasteiger partial charge in [0.2, 0.25) is 0 Å². The van der Waals surface area contributed by atoms with E-state index in [1.54, 1.807) is 37.3 Å². The lowest BCUT2D eigenvalue weighted by atomic mass is 10.1. The lowest BCUT2D eigenvalue weighted by Crippen LogP contribution is -2.28. The van der Waals surface area contributed by atoms with Gasteiger partial charge in [0.05, 0.1) is 12.2 Å². The molecule has 1 N–H and O–H groups in total. The number of allylic oxidation sites excluding steroid dienone is 1. The maximum absolute atomic E-state index is 13.5. The number of benzene rings is 2. The normalized spacial score (nSPS) is 11.1. The Bertz CT molecular complexity index is 1120. The maximum Gasteiger partial charge on any atom is 0.341 e. The fourth-order valence-electron chi connectivity index (χ4n) is 2.63. The topological polar surface area (TPSA) is 72.2 Å². The number of halogens is 2. The minimum absolute atomic E-state index is 0.0791. The molecule has 0 aliphatic carbocycles. The van der Waals surface area contributed by atoms with E-state index < -0.39 is 17.1 Å². The SMILES string of the molecule is Cc1cc(-c2cc(C(=O)O)c(=O)n(CC=Cc3ccc(Cl)cc3)n2)ccc1F. The molecule has 5 nitrogen and oxygen atoms in total. The predicted molar refractivity (Wildman–Crippen MR) is 106 cm³/mol. The molecule has 0 aliphatic rings. The molecule has 1 heterocycles. The summed E-state index contributed by atoms with van der Waals surface area (Å²) >= 11 is 5.85. The summed E-state index contributed by atoms with van der Waals surface area (Å²) in [6.07, 6.45) is 3.47. The molecule has 3 aromatic rings. The Hall–Kier alpha value is -3.25. The van der Waals surface area contributed by atoms with Crippen LogP contribution in [0, 0.1) is 12.7 Å². The van der Waals surface area contributed by atoms with Gasteiger partial charge < -0.3 is 5.11 Å². The average molecular weight is 399 g/mol. The summed E-state index contributed by atoms with van der Waals surface area (Å²) in [4.78, 5) is 23.9. The second-order valence-electron chi connectivity index (χ2n) is 6.15. The molecule has 0 aliphatic heterocycles. The van der Waals surface area contributed by atoms with Crippen molar-refractivity contribution in [3.63, 3.8) is 0 Å². The van der Waals surface area contributed by atoms with Crippen LogP contribution in [0.5, 0.6) is 0 Å². The number of hydrogen-bond acceptors (Lipinski definition) is 3. The number of hydrogen-bond donors (Lipinski definition) is 1. The number of aromatic carboxylic acids is 1. The second kappa shape index (κ2) is 8.19. The average Bonchev–Trinajstić information content (AvgIpc) is 2.66. The molecule has 0 bridgehead atoms. The van der Waals surface area contributed by atoms with Gasteiger partial charge in [0.15, 0.2) is 0 Å². The van der Waals surface area contributed by atoms with E-state index in [1.165, 1.54) is 18.2 Å². The van der Waals surface area contributed by atoms with Crippen LogP contribution in [0.15, 0.2) is 59.4 Å². The minimum atomic E-state index is -1.34. The van der Waals surface area contributed by atoms with E-state index in [1.807, 2.05) is 12.1 Å². The number of carboxylic acid groups (broad SMARTS) is 1. The van der Waals surface area contributed by atoms with E-state index in [0.29, 0.717) is 16.1 Å². The fourth-order valence-corrected chi connectivity index (χ4v) is 2.75. The van der Waals surface area contributed by atoms with Crippen LogP contribution in [0.25, 0.3) is 17.3 Å².